The minimum Gasteiger partial charge on any atom is -0.494 e. The second-order valence-electron chi connectivity index (χ2n) is 4.52. The van der Waals surface area contributed by atoms with Gasteiger partial charge in [-0.2, -0.15) is 5.26 Å². The van der Waals surface area contributed by atoms with Crippen LogP contribution in [0.1, 0.15) is 24.8 Å². The number of rotatable bonds is 7. The number of unbranched alkanes of at least 4 members (excludes halogenated alkanes) is 2. The fourth-order valence-corrected chi connectivity index (χ4v) is 2.11. The third-order valence-electron chi connectivity index (χ3n) is 3.10. The summed E-state index contributed by atoms with van der Waals surface area (Å²) in [5, 5.41) is 9.63. The van der Waals surface area contributed by atoms with Gasteiger partial charge in [0.1, 0.15) is 5.75 Å². The number of H-pyrrole nitrogens is 1. The van der Waals surface area contributed by atoms with E-state index in [9.17, 15) is 0 Å². The van der Waals surface area contributed by atoms with Crippen LogP contribution in [0.3, 0.4) is 0 Å². The molecule has 2 aromatic rings. The van der Waals surface area contributed by atoms with Gasteiger partial charge < -0.3 is 15.5 Å². The first-order chi connectivity index (χ1) is 9.35. The van der Waals surface area contributed by atoms with Crippen LogP contribution in [0.15, 0.2) is 24.4 Å². The zero-order valence-corrected chi connectivity index (χ0v) is 12.2. The molecule has 0 aliphatic carbocycles. The predicted molar refractivity (Wildman–Crippen MR) is 83.3 cm³/mol. The van der Waals surface area contributed by atoms with Crippen molar-refractivity contribution in [1.82, 2.24) is 4.98 Å². The van der Waals surface area contributed by atoms with E-state index in [2.05, 4.69) is 17.1 Å². The molecule has 0 saturated heterocycles. The Labute approximate surface area is 125 Å². The van der Waals surface area contributed by atoms with E-state index >= 15 is 0 Å². The molecule has 108 valence electrons. The van der Waals surface area contributed by atoms with Gasteiger partial charge in [-0.15, -0.1) is 12.4 Å². The highest BCUT2D eigenvalue weighted by molar-refractivity contribution is 5.85. The van der Waals surface area contributed by atoms with Crippen molar-refractivity contribution in [2.45, 2.75) is 25.7 Å². The molecule has 4 nitrogen and oxygen atoms in total. The summed E-state index contributed by atoms with van der Waals surface area (Å²) in [4.78, 5) is 3.24. The Hall–Kier alpha value is -1.70. The lowest BCUT2D eigenvalue weighted by molar-refractivity contribution is 0.308. The monoisotopic (exact) mass is 293 g/mol. The summed E-state index contributed by atoms with van der Waals surface area (Å²) in [5.41, 5.74) is 7.94. The topological polar surface area (TPSA) is 74.8 Å². The van der Waals surface area contributed by atoms with Crippen molar-refractivity contribution in [3.05, 3.63) is 30.0 Å². The number of nitrogens with two attached hydrogens (primary N) is 1. The molecule has 5 heteroatoms. The third kappa shape index (κ3) is 4.16. The lowest BCUT2D eigenvalue weighted by atomic mass is 10.1. The number of benzene rings is 1. The van der Waals surface area contributed by atoms with Crippen LogP contribution in [0.4, 0.5) is 0 Å². The highest BCUT2D eigenvalue weighted by Crippen LogP contribution is 2.24. The van der Waals surface area contributed by atoms with E-state index in [-0.39, 0.29) is 12.4 Å². The van der Waals surface area contributed by atoms with Crippen LogP contribution in [0, 0.1) is 11.3 Å². The van der Waals surface area contributed by atoms with Crippen LogP contribution < -0.4 is 10.5 Å². The van der Waals surface area contributed by atoms with Crippen molar-refractivity contribution in [2.24, 2.45) is 5.73 Å². The van der Waals surface area contributed by atoms with Crippen molar-refractivity contribution in [1.29, 1.82) is 5.26 Å². The first-order valence-corrected chi connectivity index (χ1v) is 6.65. The average Bonchev–Trinajstić information content (AvgIpc) is 2.82. The normalized spacial score (nSPS) is 10.0. The van der Waals surface area contributed by atoms with Crippen molar-refractivity contribution in [2.75, 3.05) is 13.2 Å². The highest BCUT2D eigenvalue weighted by Gasteiger charge is 2.04. The molecule has 2 rings (SSSR count). The van der Waals surface area contributed by atoms with Gasteiger partial charge in [0.25, 0.3) is 0 Å². The lowest BCUT2D eigenvalue weighted by Crippen LogP contribution is -2.02. The number of aromatic amines is 1. The molecule has 0 bridgehead atoms. The molecule has 0 radical (unpaired) electrons. The van der Waals surface area contributed by atoms with Crippen LogP contribution >= 0.6 is 12.4 Å². The largest absolute Gasteiger partial charge is 0.494 e. The van der Waals surface area contributed by atoms with Crippen LogP contribution in [-0.4, -0.2) is 18.1 Å². The Morgan fingerprint density at radius 1 is 1.30 bits per heavy atom. The molecule has 20 heavy (non-hydrogen) atoms. The molecular weight excluding hydrogens is 274 g/mol. The minimum absolute atomic E-state index is 0. The van der Waals surface area contributed by atoms with E-state index in [4.69, 9.17) is 15.7 Å². The van der Waals surface area contributed by atoms with Crippen molar-refractivity contribution < 1.29 is 4.74 Å². The molecule has 3 N–H and O–H groups in total. The lowest BCUT2D eigenvalue weighted by Gasteiger charge is -2.06. The molecule has 0 aliphatic rings. The maximum atomic E-state index is 8.45. The number of hydrogen-bond acceptors (Lipinski definition) is 3. The Balaban J connectivity index is 0.00000200. The van der Waals surface area contributed by atoms with E-state index in [1.165, 1.54) is 10.9 Å². The van der Waals surface area contributed by atoms with Gasteiger partial charge in [-0.05, 0) is 49.6 Å². The zero-order valence-electron chi connectivity index (χ0n) is 11.4. The first-order valence-electron chi connectivity index (χ1n) is 6.65. The molecule has 0 fully saturated rings. The second kappa shape index (κ2) is 8.47. The molecule has 0 aliphatic heterocycles. The summed E-state index contributed by atoms with van der Waals surface area (Å²) < 4.78 is 5.71. The van der Waals surface area contributed by atoms with Crippen molar-refractivity contribution in [3.63, 3.8) is 0 Å². The summed E-state index contributed by atoms with van der Waals surface area (Å²) in [5.74, 6) is 0.877. The number of fused-ring (bicyclic) bond motifs is 1. The molecule has 0 unspecified atom stereocenters. The molecule has 0 saturated carbocycles. The Kier molecular flexibility index (Phi) is 6.92. The standard InChI is InChI=1S/C15H19N3O.ClH/c16-7-2-1-3-9-19-13-4-5-15-14(10-13)12(6-8-17)11-18-15;/h4-5,10-11,18H,1-3,6,8-9,17H2;1H. The van der Waals surface area contributed by atoms with Crippen molar-refractivity contribution >= 4 is 23.3 Å². The van der Waals surface area contributed by atoms with E-state index in [0.29, 0.717) is 19.6 Å². The molecule has 1 aromatic heterocycles. The number of nitrogens with zero attached hydrogens (tertiary/aromatic N) is 1. The van der Waals surface area contributed by atoms with Crippen LogP contribution in [0.5, 0.6) is 5.75 Å². The Morgan fingerprint density at radius 2 is 2.15 bits per heavy atom. The third-order valence-corrected chi connectivity index (χ3v) is 3.10. The van der Waals surface area contributed by atoms with Gasteiger partial charge in [-0.3, -0.25) is 0 Å². The minimum atomic E-state index is 0. The maximum Gasteiger partial charge on any atom is 0.120 e. The van der Waals surface area contributed by atoms with Gasteiger partial charge in [0.15, 0.2) is 0 Å². The zero-order chi connectivity index (χ0) is 13.5. The molecule has 0 amide bonds. The van der Waals surface area contributed by atoms with E-state index in [1.807, 2.05) is 18.3 Å². The number of aromatic nitrogens is 1. The summed E-state index contributed by atoms with van der Waals surface area (Å²) in [6.07, 6.45) is 5.27. The summed E-state index contributed by atoms with van der Waals surface area (Å²) in [6.45, 7) is 1.30. The number of halogens is 1. The Morgan fingerprint density at radius 3 is 2.90 bits per heavy atom. The molecule has 1 heterocycles. The highest BCUT2D eigenvalue weighted by atomic mass is 35.5. The number of ether oxygens (including phenoxy) is 1. The van der Waals surface area contributed by atoms with Crippen LogP contribution in [0.2, 0.25) is 0 Å². The van der Waals surface area contributed by atoms with Crippen molar-refractivity contribution in [3.8, 4) is 11.8 Å². The van der Waals surface area contributed by atoms with Gasteiger partial charge in [0.05, 0.1) is 12.7 Å². The fraction of sp³-hybridized carbons (Fsp3) is 0.400. The number of nitriles is 1. The SMILES string of the molecule is Cl.N#CCCCCOc1ccc2[nH]cc(CCN)c2c1. The van der Waals surface area contributed by atoms with Gasteiger partial charge in [0.2, 0.25) is 0 Å². The van der Waals surface area contributed by atoms with E-state index in [1.54, 1.807) is 0 Å². The Bertz CT molecular complexity index is 574. The molecule has 0 atom stereocenters. The average molecular weight is 294 g/mol. The summed E-state index contributed by atoms with van der Waals surface area (Å²) >= 11 is 0. The number of nitrogens with one attached hydrogen (secondary N) is 1. The second-order valence-corrected chi connectivity index (χ2v) is 4.52. The van der Waals surface area contributed by atoms with E-state index < -0.39 is 0 Å². The quantitative estimate of drug-likeness (QED) is 0.770. The van der Waals surface area contributed by atoms with Gasteiger partial charge in [0, 0.05) is 23.5 Å². The predicted octanol–water partition coefficient (Wildman–Crippen LogP) is 3.16. The summed E-state index contributed by atoms with van der Waals surface area (Å²) in [7, 11) is 0. The van der Waals surface area contributed by atoms with E-state index in [0.717, 1.165) is 30.5 Å². The number of hydrogen-bond donors (Lipinski definition) is 2. The summed E-state index contributed by atoms with van der Waals surface area (Å²) in [6, 6.07) is 8.19. The fourth-order valence-electron chi connectivity index (χ4n) is 2.11. The van der Waals surface area contributed by atoms with Crippen LogP contribution in [0.25, 0.3) is 10.9 Å². The smallest absolute Gasteiger partial charge is 0.120 e. The van der Waals surface area contributed by atoms with Crippen LogP contribution in [-0.2, 0) is 6.42 Å². The molecule has 1 aromatic carbocycles. The van der Waals surface area contributed by atoms with Gasteiger partial charge in [-0.1, -0.05) is 0 Å². The first kappa shape index (κ1) is 16.4. The van der Waals surface area contributed by atoms with Gasteiger partial charge >= 0.3 is 0 Å². The maximum absolute atomic E-state index is 8.45. The van der Waals surface area contributed by atoms with Gasteiger partial charge in [-0.25, -0.2) is 0 Å². The molecular formula is C15H20ClN3O. The molecule has 0 spiro atoms.